The Kier molecular flexibility index (Phi) is 5.18. The molecule has 5 nitrogen and oxygen atoms in total. The van der Waals surface area contributed by atoms with Gasteiger partial charge in [-0.1, -0.05) is 26.7 Å². The molecular weight excluding hydrogens is 276 g/mol. The zero-order chi connectivity index (χ0) is 14.7. The molecule has 2 rings (SSSR count). The normalized spacial score (nSPS) is 30.6. The fourth-order valence-corrected chi connectivity index (χ4v) is 4.37. The van der Waals surface area contributed by atoms with Gasteiger partial charge in [0.2, 0.25) is 0 Å². The molecule has 0 aromatic rings. The van der Waals surface area contributed by atoms with Crippen LogP contribution >= 0.6 is 11.8 Å². The van der Waals surface area contributed by atoms with Gasteiger partial charge in [-0.2, -0.15) is 0 Å². The van der Waals surface area contributed by atoms with E-state index in [0.717, 1.165) is 19.3 Å². The minimum Gasteiger partial charge on any atom is -0.480 e. The standard InChI is InChI=1S/C14H24N2O3S/c1-9(2)10-5-3-4-6-11(10)15-14(19)16-8-20-7-12(16)13(17)18/h9-12H,3-8H2,1-2H3,(H,15,19)(H,17,18)/t10?,11?,12-/m0/s1. The maximum atomic E-state index is 12.3. The van der Waals surface area contributed by atoms with Crippen molar-refractivity contribution in [2.45, 2.75) is 51.6 Å². The molecule has 0 aromatic heterocycles. The highest BCUT2D eigenvalue weighted by molar-refractivity contribution is 7.99. The van der Waals surface area contributed by atoms with E-state index in [1.807, 2.05) is 0 Å². The predicted molar refractivity (Wildman–Crippen MR) is 79.7 cm³/mol. The number of rotatable bonds is 3. The first-order valence-electron chi connectivity index (χ1n) is 7.38. The van der Waals surface area contributed by atoms with Crippen LogP contribution in [0.15, 0.2) is 0 Å². The van der Waals surface area contributed by atoms with Gasteiger partial charge in [-0.25, -0.2) is 9.59 Å². The lowest BCUT2D eigenvalue weighted by atomic mass is 9.78. The second-order valence-corrected chi connectivity index (χ2v) is 7.07. The van der Waals surface area contributed by atoms with Crippen molar-refractivity contribution < 1.29 is 14.7 Å². The number of thioether (sulfide) groups is 1. The highest BCUT2D eigenvalue weighted by Gasteiger charge is 2.37. The van der Waals surface area contributed by atoms with E-state index < -0.39 is 12.0 Å². The Morgan fingerprint density at radius 3 is 2.65 bits per heavy atom. The minimum absolute atomic E-state index is 0.191. The number of carboxylic acid groups (broad SMARTS) is 1. The summed E-state index contributed by atoms with van der Waals surface area (Å²) >= 11 is 1.50. The van der Waals surface area contributed by atoms with Crippen LogP contribution in [0.25, 0.3) is 0 Å². The van der Waals surface area contributed by atoms with E-state index in [0.29, 0.717) is 23.5 Å². The summed E-state index contributed by atoms with van der Waals surface area (Å²) in [7, 11) is 0. The van der Waals surface area contributed by atoms with Crippen molar-refractivity contribution in [1.82, 2.24) is 10.2 Å². The third kappa shape index (κ3) is 3.40. The summed E-state index contributed by atoms with van der Waals surface area (Å²) in [5, 5.41) is 12.2. The molecule has 1 heterocycles. The Morgan fingerprint density at radius 1 is 1.30 bits per heavy atom. The smallest absolute Gasteiger partial charge is 0.327 e. The average molecular weight is 300 g/mol. The van der Waals surface area contributed by atoms with Gasteiger partial charge in [0, 0.05) is 11.8 Å². The fraction of sp³-hybridized carbons (Fsp3) is 0.857. The number of amides is 2. The van der Waals surface area contributed by atoms with Crippen molar-refractivity contribution in [1.29, 1.82) is 0 Å². The second kappa shape index (κ2) is 6.70. The van der Waals surface area contributed by atoms with Gasteiger partial charge in [-0.05, 0) is 24.7 Å². The molecule has 2 aliphatic rings. The third-order valence-electron chi connectivity index (χ3n) is 4.41. The minimum atomic E-state index is -0.908. The van der Waals surface area contributed by atoms with Crippen molar-refractivity contribution in [2.75, 3.05) is 11.6 Å². The van der Waals surface area contributed by atoms with E-state index in [1.54, 1.807) is 0 Å². The Balaban J connectivity index is 1.97. The zero-order valence-corrected chi connectivity index (χ0v) is 13.0. The van der Waals surface area contributed by atoms with Crippen LogP contribution in [0.5, 0.6) is 0 Å². The first-order chi connectivity index (χ1) is 9.50. The van der Waals surface area contributed by atoms with Crippen LogP contribution in [0.3, 0.4) is 0 Å². The molecule has 0 bridgehead atoms. The highest BCUT2D eigenvalue weighted by atomic mass is 32.2. The summed E-state index contributed by atoms with van der Waals surface area (Å²) in [5.41, 5.74) is 0. The molecular formula is C14H24N2O3S. The molecule has 1 aliphatic heterocycles. The number of nitrogens with one attached hydrogen (secondary N) is 1. The molecule has 0 radical (unpaired) electrons. The summed E-state index contributed by atoms with van der Waals surface area (Å²) in [6.07, 6.45) is 4.53. The van der Waals surface area contributed by atoms with Gasteiger partial charge in [0.25, 0.3) is 0 Å². The van der Waals surface area contributed by atoms with Gasteiger partial charge < -0.3 is 15.3 Å². The van der Waals surface area contributed by atoms with Crippen molar-refractivity contribution in [3.8, 4) is 0 Å². The lowest BCUT2D eigenvalue weighted by Gasteiger charge is -2.36. The van der Waals surface area contributed by atoms with E-state index in [1.165, 1.54) is 23.1 Å². The first-order valence-corrected chi connectivity index (χ1v) is 8.54. The molecule has 20 heavy (non-hydrogen) atoms. The van der Waals surface area contributed by atoms with E-state index in [-0.39, 0.29) is 12.1 Å². The van der Waals surface area contributed by atoms with Crippen LogP contribution < -0.4 is 5.32 Å². The van der Waals surface area contributed by atoms with Crippen LogP contribution in [-0.4, -0.2) is 45.7 Å². The van der Waals surface area contributed by atoms with Crippen molar-refractivity contribution >= 4 is 23.8 Å². The molecule has 1 saturated carbocycles. The quantitative estimate of drug-likeness (QED) is 0.839. The lowest BCUT2D eigenvalue weighted by Crippen LogP contribution is -2.52. The average Bonchev–Trinajstić information content (AvgIpc) is 2.88. The monoisotopic (exact) mass is 300 g/mol. The summed E-state index contributed by atoms with van der Waals surface area (Å²) in [4.78, 5) is 24.9. The maximum absolute atomic E-state index is 12.3. The van der Waals surface area contributed by atoms with E-state index >= 15 is 0 Å². The Bertz CT molecular complexity index is 375. The van der Waals surface area contributed by atoms with E-state index in [2.05, 4.69) is 19.2 Å². The third-order valence-corrected chi connectivity index (χ3v) is 5.43. The van der Waals surface area contributed by atoms with Gasteiger partial charge in [0.1, 0.15) is 6.04 Å². The molecule has 6 heteroatoms. The van der Waals surface area contributed by atoms with Crippen molar-refractivity contribution in [2.24, 2.45) is 11.8 Å². The highest BCUT2D eigenvalue weighted by Crippen LogP contribution is 2.30. The summed E-state index contributed by atoms with van der Waals surface area (Å²) in [5.74, 6) is 1.10. The number of hydrogen-bond donors (Lipinski definition) is 2. The van der Waals surface area contributed by atoms with Crippen LogP contribution in [0.2, 0.25) is 0 Å². The Morgan fingerprint density at radius 2 is 2.00 bits per heavy atom. The van der Waals surface area contributed by atoms with Gasteiger partial charge >= 0.3 is 12.0 Å². The SMILES string of the molecule is CC(C)C1CCCCC1NC(=O)N1CSC[C@H]1C(=O)O. The fourth-order valence-electron chi connectivity index (χ4n) is 3.23. The van der Waals surface area contributed by atoms with Gasteiger partial charge in [-0.15, -0.1) is 11.8 Å². The summed E-state index contributed by atoms with van der Waals surface area (Å²) in [6.45, 7) is 4.39. The first kappa shape index (κ1) is 15.5. The number of urea groups is 1. The molecule has 3 atom stereocenters. The number of aliphatic carboxylic acids is 1. The van der Waals surface area contributed by atoms with Crippen LogP contribution in [0, 0.1) is 11.8 Å². The second-order valence-electron chi connectivity index (χ2n) is 6.07. The molecule has 0 aromatic carbocycles. The van der Waals surface area contributed by atoms with Gasteiger partial charge in [0.05, 0.1) is 5.88 Å². The Labute approximate surface area is 124 Å². The van der Waals surface area contributed by atoms with Gasteiger partial charge in [-0.3, -0.25) is 0 Å². The van der Waals surface area contributed by atoms with Crippen LogP contribution in [-0.2, 0) is 4.79 Å². The molecule has 1 saturated heterocycles. The summed E-state index contributed by atoms with van der Waals surface area (Å²) < 4.78 is 0. The predicted octanol–water partition coefficient (Wildman–Crippen LogP) is 2.37. The molecule has 2 unspecified atom stereocenters. The molecule has 2 amide bonds. The lowest BCUT2D eigenvalue weighted by molar-refractivity contribution is -0.140. The van der Waals surface area contributed by atoms with Gasteiger partial charge in [0.15, 0.2) is 0 Å². The van der Waals surface area contributed by atoms with Crippen molar-refractivity contribution in [3.05, 3.63) is 0 Å². The number of nitrogens with zero attached hydrogens (tertiary/aromatic N) is 1. The van der Waals surface area contributed by atoms with E-state index in [4.69, 9.17) is 5.11 Å². The molecule has 2 N–H and O–H groups in total. The molecule has 114 valence electrons. The van der Waals surface area contributed by atoms with Crippen molar-refractivity contribution in [3.63, 3.8) is 0 Å². The molecule has 0 spiro atoms. The number of carboxylic acids is 1. The molecule has 1 aliphatic carbocycles. The molecule has 2 fully saturated rings. The number of carbonyl (C=O) groups is 2. The Hall–Kier alpha value is -0.910. The van der Waals surface area contributed by atoms with Crippen LogP contribution in [0.1, 0.15) is 39.5 Å². The number of hydrogen-bond acceptors (Lipinski definition) is 3. The zero-order valence-electron chi connectivity index (χ0n) is 12.2. The van der Waals surface area contributed by atoms with Crippen LogP contribution in [0.4, 0.5) is 4.79 Å². The largest absolute Gasteiger partial charge is 0.480 e. The summed E-state index contributed by atoms with van der Waals surface area (Å²) in [6, 6.07) is -0.697. The maximum Gasteiger partial charge on any atom is 0.327 e. The topological polar surface area (TPSA) is 69.6 Å². The van der Waals surface area contributed by atoms with E-state index in [9.17, 15) is 9.59 Å². The number of carbonyl (C=O) groups excluding carboxylic acids is 1.